The van der Waals surface area contributed by atoms with Crippen molar-refractivity contribution in [1.82, 2.24) is 24.9 Å². The minimum absolute atomic E-state index is 0.215. The van der Waals surface area contributed by atoms with Crippen LogP contribution in [0.5, 0.6) is 0 Å². The summed E-state index contributed by atoms with van der Waals surface area (Å²) in [6.07, 6.45) is 0.606. The Balaban J connectivity index is 1.20. The molecule has 10 heteroatoms. The van der Waals surface area contributed by atoms with Crippen LogP contribution >= 0.6 is 0 Å². The molecule has 1 atom stereocenters. The molecule has 1 aromatic carbocycles. The summed E-state index contributed by atoms with van der Waals surface area (Å²) in [5, 5.41) is 8.04. The molecule has 0 spiro atoms. The second kappa shape index (κ2) is 8.82. The number of nitrogens with zero attached hydrogens (tertiary/aromatic N) is 5. The Kier molecular flexibility index (Phi) is 5.94. The van der Waals surface area contributed by atoms with Crippen LogP contribution in [-0.4, -0.2) is 88.4 Å². The molecule has 0 aliphatic carbocycles. The Hall–Kier alpha value is -3.14. The molecule has 0 bridgehead atoms. The molecule has 10 nitrogen and oxygen atoms in total. The number of hydrogen-bond acceptors (Lipinski definition) is 7. The van der Waals surface area contributed by atoms with Gasteiger partial charge in [-0.3, -0.25) is 24.5 Å². The number of piperidine rings is 1. The number of benzene rings is 1. The van der Waals surface area contributed by atoms with Crippen LogP contribution in [0.2, 0.25) is 0 Å². The predicted molar refractivity (Wildman–Crippen MR) is 131 cm³/mol. The number of carbonyl (C=O) groups excluding carboxylic acids is 3. The number of ether oxygens (including phenoxy) is 1. The highest BCUT2D eigenvalue weighted by atomic mass is 16.6. The number of aryl methyl sites for hydroxylation is 1. The number of carbonyl (C=O) groups is 3. The maximum Gasteiger partial charge on any atom is 0.410 e. The number of aromatic nitrogens is 2. The lowest BCUT2D eigenvalue weighted by Gasteiger charge is -2.48. The van der Waals surface area contributed by atoms with Gasteiger partial charge in [0.1, 0.15) is 5.60 Å². The number of fused-ring (bicyclic) bond motifs is 1. The molecular formula is C25H34N6O4. The largest absolute Gasteiger partial charge is 0.444 e. The van der Waals surface area contributed by atoms with Crippen LogP contribution < -0.4 is 10.2 Å². The van der Waals surface area contributed by atoms with Crippen molar-refractivity contribution >= 4 is 34.5 Å². The van der Waals surface area contributed by atoms with Crippen molar-refractivity contribution in [3.8, 4) is 0 Å². The number of anilines is 1. The standard InChI is InChI=1S/C25H34N6O4/c1-25(2,3)35-24(34)31-14-17(15-31)30-11-9-29(10-12-30)16-5-6-18-20(13-16)28(4)27-22(18)19-7-8-21(32)26-23(19)33/h5-6,13,17,19H,7-12,14-15H2,1-4H3,(H,26,32,33). The zero-order chi connectivity index (χ0) is 24.9. The van der Waals surface area contributed by atoms with E-state index in [4.69, 9.17) is 4.74 Å². The van der Waals surface area contributed by atoms with Crippen LogP contribution in [0, 0.1) is 0 Å². The molecule has 4 heterocycles. The molecule has 1 unspecified atom stereocenters. The monoisotopic (exact) mass is 482 g/mol. The van der Waals surface area contributed by atoms with Crippen LogP contribution in [0.3, 0.4) is 0 Å². The topological polar surface area (TPSA) is 100 Å². The molecule has 3 aliphatic heterocycles. The summed E-state index contributed by atoms with van der Waals surface area (Å²) in [5.74, 6) is -0.872. The fourth-order valence-corrected chi connectivity index (χ4v) is 5.19. The Morgan fingerprint density at radius 2 is 1.83 bits per heavy atom. The highest BCUT2D eigenvalue weighted by Crippen LogP contribution is 2.32. The van der Waals surface area contributed by atoms with E-state index in [1.54, 1.807) is 4.90 Å². The average Bonchev–Trinajstić information content (AvgIpc) is 3.08. The van der Waals surface area contributed by atoms with Crippen molar-refractivity contribution in [3.05, 3.63) is 23.9 Å². The average molecular weight is 483 g/mol. The Bertz CT molecular complexity index is 1150. The summed E-state index contributed by atoms with van der Waals surface area (Å²) in [6, 6.07) is 6.68. The molecule has 3 saturated heterocycles. The molecule has 5 rings (SSSR count). The smallest absolute Gasteiger partial charge is 0.410 e. The van der Waals surface area contributed by atoms with Gasteiger partial charge < -0.3 is 14.5 Å². The quantitative estimate of drug-likeness (QED) is 0.667. The van der Waals surface area contributed by atoms with Crippen molar-refractivity contribution in [1.29, 1.82) is 0 Å². The lowest BCUT2D eigenvalue weighted by Crippen LogP contribution is -2.64. The van der Waals surface area contributed by atoms with Gasteiger partial charge >= 0.3 is 6.09 Å². The van der Waals surface area contributed by atoms with Gasteiger partial charge in [-0.2, -0.15) is 5.10 Å². The summed E-state index contributed by atoms with van der Waals surface area (Å²) >= 11 is 0. The molecule has 2 aromatic rings. The first-order chi connectivity index (χ1) is 16.6. The van der Waals surface area contributed by atoms with Gasteiger partial charge in [-0.15, -0.1) is 0 Å². The van der Waals surface area contributed by atoms with E-state index >= 15 is 0 Å². The highest BCUT2D eigenvalue weighted by molar-refractivity contribution is 6.02. The number of amides is 3. The van der Waals surface area contributed by atoms with E-state index in [1.807, 2.05) is 38.6 Å². The van der Waals surface area contributed by atoms with Gasteiger partial charge in [0.2, 0.25) is 11.8 Å². The molecular weight excluding hydrogens is 448 g/mol. The summed E-state index contributed by atoms with van der Waals surface area (Å²) in [6.45, 7) is 10.8. The van der Waals surface area contributed by atoms with E-state index < -0.39 is 11.5 Å². The molecule has 0 saturated carbocycles. The van der Waals surface area contributed by atoms with E-state index in [0.717, 1.165) is 61.6 Å². The zero-order valence-corrected chi connectivity index (χ0v) is 20.9. The Labute approximate surface area is 205 Å². The first kappa shape index (κ1) is 23.6. The van der Waals surface area contributed by atoms with Crippen LogP contribution in [0.1, 0.15) is 45.2 Å². The maximum atomic E-state index is 12.4. The Morgan fingerprint density at radius 3 is 2.49 bits per heavy atom. The third-order valence-electron chi connectivity index (χ3n) is 7.14. The molecule has 1 N–H and O–H groups in total. The second-order valence-corrected chi connectivity index (χ2v) is 10.8. The fourth-order valence-electron chi connectivity index (χ4n) is 5.19. The maximum absolute atomic E-state index is 12.4. The van der Waals surface area contributed by atoms with Crippen LogP contribution in [0.15, 0.2) is 18.2 Å². The van der Waals surface area contributed by atoms with Crippen LogP contribution in [0.4, 0.5) is 10.5 Å². The third kappa shape index (κ3) is 4.71. The van der Waals surface area contributed by atoms with Crippen molar-refractivity contribution < 1.29 is 19.1 Å². The van der Waals surface area contributed by atoms with E-state index in [9.17, 15) is 14.4 Å². The molecule has 35 heavy (non-hydrogen) atoms. The third-order valence-corrected chi connectivity index (χ3v) is 7.14. The van der Waals surface area contributed by atoms with Crippen LogP contribution in [0.25, 0.3) is 10.9 Å². The number of hydrogen-bond donors (Lipinski definition) is 1. The predicted octanol–water partition coefficient (Wildman–Crippen LogP) is 1.83. The summed E-state index contributed by atoms with van der Waals surface area (Å²) < 4.78 is 7.29. The highest BCUT2D eigenvalue weighted by Gasteiger charge is 2.38. The number of piperazine rings is 1. The molecule has 3 aliphatic rings. The fraction of sp³-hybridized carbons (Fsp3) is 0.600. The van der Waals surface area contributed by atoms with E-state index in [1.165, 1.54) is 0 Å². The van der Waals surface area contributed by atoms with Crippen molar-refractivity contribution in [2.24, 2.45) is 7.05 Å². The van der Waals surface area contributed by atoms with Gasteiger partial charge in [0.05, 0.1) is 17.1 Å². The second-order valence-electron chi connectivity index (χ2n) is 10.8. The van der Waals surface area contributed by atoms with E-state index in [2.05, 4.69) is 32.3 Å². The molecule has 0 radical (unpaired) electrons. The molecule has 3 amide bonds. The van der Waals surface area contributed by atoms with Crippen molar-refractivity contribution in [2.45, 2.75) is 51.2 Å². The lowest BCUT2D eigenvalue weighted by molar-refractivity contribution is -0.134. The lowest BCUT2D eigenvalue weighted by atomic mass is 9.93. The van der Waals surface area contributed by atoms with Gasteiger partial charge in [0, 0.05) is 69.9 Å². The van der Waals surface area contributed by atoms with Gasteiger partial charge in [-0.05, 0) is 45.4 Å². The Morgan fingerprint density at radius 1 is 1.11 bits per heavy atom. The summed E-state index contributed by atoms with van der Waals surface area (Å²) in [4.78, 5) is 42.7. The number of rotatable bonds is 3. The number of imide groups is 1. The van der Waals surface area contributed by atoms with E-state index in [0.29, 0.717) is 18.9 Å². The van der Waals surface area contributed by atoms with Crippen molar-refractivity contribution in [2.75, 3.05) is 44.2 Å². The summed E-state index contributed by atoms with van der Waals surface area (Å²) in [5.41, 5.74) is 2.39. The number of likely N-dealkylation sites (tertiary alicyclic amines) is 1. The van der Waals surface area contributed by atoms with Gasteiger partial charge in [-0.25, -0.2) is 4.79 Å². The van der Waals surface area contributed by atoms with Gasteiger partial charge in [-0.1, -0.05) is 0 Å². The van der Waals surface area contributed by atoms with E-state index in [-0.39, 0.29) is 17.9 Å². The number of nitrogens with one attached hydrogen (secondary N) is 1. The molecule has 1 aromatic heterocycles. The zero-order valence-electron chi connectivity index (χ0n) is 20.9. The molecule has 3 fully saturated rings. The first-order valence-corrected chi connectivity index (χ1v) is 12.4. The normalized spacial score (nSPS) is 22.3. The van der Waals surface area contributed by atoms with Gasteiger partial charge in [0.15, 0.2) is 0 Å². The molecule has 188 valence electrons. The minimum Gasteiger partial charge on any atom is -0.444 e. The van der Waals surface area contributed by atoms with Gasteiger partial charge in [0.25, 0.3) is 0 Å². The van der Waals surface area contributed by atoms with Crippen LogP contribution in [-0.2, 0) is 21.4 Å². The minimum atomic E-state index is -0.467. The SMILES string of the molecule is Cn1nc(C2CCC(=O)NC2=O)c2ccc(N3CCN(C4CN(C(=O)OC(C)(C)C)C4)CC3)cc21. The van der Waals surface area contributed by atoms with Crippen molar-refractivity contribution in [3.63, 3.8) is 0 Å². The summed E-state index contributed by atoms with van der Waals surface area (Å²) in [7, 11) is 1.90. The first-order valence-electron chi connectivity index (χ1n) is 12.4.